The van der Waals surface area contributed by atoms with Crippen molar-refractivity contribution >= 4 is 17.5 Å². The van der Waals surface area contributed by atoms with Gasteiger partial charge in [0, 0.05) is 12.6 Å². The van der Waals surface area contributed by atoms with Crippen molar-refractivity contribution in [3.63, 3.8) is 0 Å². The van der Waals surface area contributed by atoms with Gasteiger partial charge in [-0.15, -0.1) is 0 Å². The number of aromatic nitrogens is 1. The van der Waals surface area contributed by atoms with Gasteiger partial charge < -0.3 is 15.8 Å². The molecule has 120 valence electrons. The molecule has 6 heteroatoms. The highest BCUT2D eigenvalue weighted by Crippen LogP contribution is 2.34. The normalized spacial score (nSPS) is 24.8. The SMILES string of the molecule is CCC1Oc2ccc(N)nc2N(CCC2CCCCN2)C1=O. The van der Waals surface area contributed by atoms with Gasteiger partial charge >= 0.3 is 0 Å². The van der Waals surface area contributed by atoms with Crippen LogP contribution in [0.4, 0.5) is 11.6 Å². The summed E-state index contributed by atoms with van der Waals surface area (Å²) in [5.41, 5.74) is 5.78. The number of nitrogens with zero attached hydrogens (tertiary/aromatic N) is 2. The molecule has 6 nitrogen and oxygen atoms in total. The summed E-state index contributed by atoms with van der Waals surface area (Å²) in [6.07, 6.45) is 4.84. The van der Waals surface area contributed by atoms with Crippen LogP contribution in [0.15, 0.2) is 12.1 Å². The molecule has 2 atom stereocenters. The third-order valence-corrected chi connectivity index (χ3v) is 4.41. The molecule has 1 fully saturated rings. The fourth-order valence-electron chi connectivity index (χ4n) is 3.15. The number of carbonyl (C=O) groups is 1. The molecule has 1 saturated heterocycles. The van der Waals surface area contributed by atoms with Crippen LogP contribution >= 0.6 is 0 Å². The van der Waals surface area contributed by atoms with E-state index < -0.39 is 6.10 Å². The van der Waals surface area contributed by atoms with E-state index in [0.717, 1.165) is 13.0 Å². The van der Waals surface area contributed by atoms with Crippen LogP contribution in [0.5, 0.6) is 5.75 Å². The first-order valence-electron chi connectivity index (χ1n) is 8.17. The Balaban J connectivity index is 1.77. The molecule has 2 aliphatic rings. The smallest absolute Gasteiger partial charge is 0.269 e. The molecule has 0 aromatic carbocycles. The monoisotopic (exact) mass is 304 g/mol. The van der Waals surface area contributed by atoms with Crippen molar-refractivity contribution < 1.29 is 9.53 Å². The molecule has 0 bridgehead atoms. The minimum atomic E-state index is -0.419. The van der Waals surface area contributed by atoms with Gasteiger partial charge in [0.2, 0.25) is 0 Å². The van der Waals surface area contributed by atoms with E-state index in [4.69, 9.17) is 10.5 Å². The second-order valence-electron chi connectivity index (χ2n) is 6.00. The number of fused-ring (bicyclic) bond motifs is 1. The lowest BCUT2D eigenvalue weighted by molar-refractivity contribution is -0.126. The molecule has 1 aromatic rings. The number of rotatable bonds is 4. The molecule has 0 aliphatic carbocycles. The van der Waals surface area contributed by atoms with Gasteiger partial charge in [0.05, 0.1) is 0 Å². The van der Waals surface area contributed by atoms with Crippen LogP contribution in [-0.4, -0.2) is 36.1 Å². The number of hydrogen-bond acceptors (Lipinski definition) is 5. The van der Waals surface area contributed by atoms with Crippen molar-refractivity contribution in [1.82, 2.24) is 10.3 Å². The van der Waals surface area contributed by atoms with E-state index in [1.165, 1.54) is 19.3 Å². The van der Waals surface area contributed by atoms with Crippen molar-refractivity contribution in [3.8, 4) is 5.75 Å². The summed E-state index contributed by atoms with van der Waals surface area (Å²) in [6, 6.07) is 4.00. The van der Waals surface area contributed by atoms with Gasteiger partial charge in [-0.2, -0.15) is 0 Å². The van der Waals surface area contributed by atoms with Gasteiger partial charge in [-0.1, -0.05) is 13.3 Å². The van der Waals surface area contributed by atoms with Crippen LogP contribution in [0.3, 0.4) is 0 Å². The number of anilines is 2. The zero-order valence-corrected chi connectivity index (χ0v) is 13.0. The number of amides is 1. The van der Waals surface area contributed by atoms with Gasteiger partial charge in [-0.3, -0.25) is 9.69 Å². The predicted molar refractivity (Wildman–Crippen MR) is 86.0 cm³/mol. The molecular formula is C16H24N4O2. The molecule has 1 aromatic heterocycles. The lowest BCUT2D eigenvalue weighted by Crippen LogP contribution is -2.48. The summed E-state index contributed by atoms with van der Waals surface area (Å²) < 4.78 is 5.75. The van der Waals surface area contributed by atoms with Crippen molar-refractivity contribution in [2.75, 3.05) is 23.7 Å². The Kier molecular flexibility index (Phi) is 4.47. The minimum Gasteiger partial charge on any atom is -0.477 e. The maximum Gasteiger partial charge on any atom is 0.269 e. The molecule has 3 N–H and O–H groups in total. The summed E-state index contributed by atoms with van der Waals surface area (Å²) >= 11 is 0. The third kappa shape index (κ3) is 3.02. The Hall–Kier alpha value is -1.82. The molecule has 3 rings (SSSR count). The molecule has 0 radical (unpaired) electrons. The molecule has 0 saturated carbocycles. The molecule has 22 heavy (non-hydrogen) atoms. The van der Waals surface area contributed by atoms with Crippen LogP contribution in [0.25, 0.3) is 0 Å². The van der Waals surface area contributed by atoms with Gasteiger partial charge in [0.25, 0.3) is 5.91 Å². The topological polar surface area (TPSA) is 80.5 Å². The Morgan fingerprint density at radius 2 is 2.32 bits per heavy atom. The number of hydrogen-bond donors (Lipinski definition) is 2. The fourth-order valence-corrected chi connectivity index (χ4v) is 3.15. The molecule has 3 heterocycles. The Labute approximate surface area is 131 Å². The molecule has 2 unspecified atom stereocenters. The third-order valence-electron chi connectivity index (χ3n) is 4.41. The number of piperidine rings is 1. The van der Waals surface area contributed by atoms with E-state index in [0.29, 0.717) is 36.4 Å². The number of carbonyl (C=O) groups excluding carboxylic acids is 1. The fraction of sp³-hybridized carbons (Fsp3) is 0.625. The van der Waals surface area contributed by atoms with E-state index in [9.17, 15) is 4.79 Å². The zero-order chi connectivity index (χ0) is 15.5. The van der Waals surface area contributed by atoms with Crippen molar-refractivity contribution in [2.45, 2.75) is 51.2 Å². The first kappa shape index (κ1) is 15.1. The average molecular weight is 304 g/mol. The van der Waals surface area contributed by atoms with Crippen LogP contribution in [0.1, 0.15) is 39.0 Å². The number of nitrogens with one attached hydrogen (secondary N) is 1. The van der Waals surface area contributed by atoms with Crippen molar-refractivity contribution in [2.24, 2.45) is 0 Å². The summed E-state index contributed by atoms with van der Waals surface area (Å²) in [5.74, 6) is 1.61. The Morgan fingerprint density at radius 1 is 1.45 bits per heavy atom. The van der Waals surface area contributed by atoms with Gasteiger partial charge in [-0.25, -0.2) is 4.98 Å². The van der Waals surface area contributed by atoms with Gasteiger partial charge in [-0.05, 0) is 44.4 Å². The van der Waals surface area contributed by atoms with Crippen LogP contribution in [-0.2, 0) is 4.79 Å². The lowest BCUT2D eigenvalue weighted by atomic mass is 10.0. The zero-order valence-electron chi connectivity index (χ0n) is 13.0. The van der Waals surface area contributed by atoms with Crippen LogP contribution in [0.2, 0.25) is 0 Å². The van der Waals surface area contributed by atoms with E-state index >= 15 is 0 Å². The first-order chi connectivity index (χ1) is 10.7. The second-order valence-corrected chi connectivity index (χ2v) is 6.00. The van der Waals surface area contributed by atoms with Gasteiger partial charge in [0.15, 0.2) is 17.7 Å². The summed E-state index contributed by atoms with van der Waals surface area (Å²) in [7, 11) is 0. The predicted octanol–water partition coefficient (Wildman–Crippen LogP) is 1.70. The van der Waals surface area contributed by atoms with Gasteiger partial charge in [0.1, 0.15) is 5.82 Å². The summed E-state index contributed by atoms with van der Waals surface area (Å²) in [5, 5.41) is 3.52. The summed E-state index contributed by atoms with van der Waals surface area (Å²) in [4.78, 5) is 18.7. The standard InChI is InChI=1S/C16H24N4O2/c1-2-12-16(21)20(10-8-11-5-3-4-9-18-11)15-13(22-12)6-7-14(17)19-15/h6-7,11-12,18H,2-5,8-10H2,1H3,(H2,17,19). The lowest BCUT2D eigenvalue weighted by Gasteiger charge is -2.34. The van der Waals surface area contributed by atoms with E-state index in [-0.39, 0.29) is 5.91 Å². The second kappa shape index (κ2) is 6.52. The Morgan fingerprint density at radius 3 is 3.05 bits per heavy atom. The quantitative estimate of drug-likeness (QED) is 0.885. The van der Waals surface area contributed by atoms with E-state index in [1.54, 1.807) is 17.0 Å². The number of pyridine rings is 1. The van der Waals surface area contributed by atoms with Crippen LogP contribution < -0.4 is 20.7 Å². The maximum absolute atomic E-state index is 12.6. The van der Waals surface area contributed by atoms with E-state index in [2.05, 4.69) is 10.3 Å². The minimum absolute atomic E-state index is 0.0103. The summed E-state index contributed by atoms with van der Waals surface area (Å²) in [6.45, 7) is 3.68. The van der Waals surface area contributed by atoms with Crippen molar-refractivity contribution in [3.05, 3.63) is 12.1 Å². The molecular weight excluding hydrogens is 280 g/mol. The average Bonchev–Trinajstić information content (AvgIpc) is 2.54. The van der Waals surface area contributed by atoms with Crippen molar-refractivity contribution in [1.29, 1.82) is 0 Å². The first-order valence-corrected chi connectivity index (χ1v) is 8.17. The van der Waals surface area contributed by atoms with E-state index in [1.807, 2.05) is 6.92 Å². The Bertz CT molecular complexity index is 543. The number of ether oxygens (including phenoxy) is 1. The number of nitrogens with two attached hydrogens (primary N) is 1. The highest BCUT2D eigenvalue weighted by atomic mass is 16.5. The molecule has 0 spiro atoms. The highest BCUT2D eigenvalue weighted by molar-refractivity contribution is 5.99. The molecule has 1 amide bonds. The highest BCUT2D eigenvalue weighted by Gasteiger charge is 2.34. The maximum atomic E-state index is 12.6. The number of nitrogen functional groups attached to an aromatic ring is 1. The largest absolute Gasteiger partial charge is 0.477 e. The molecule has 2 aliphatic heterocycles. The van der Waals surface area contributed by atoms with Crippen LogP contribution in [0, 0.1) is 0 Å².